The number of hydrogen-bond acceptors (Lipinski definition) is 3. The maximum Gasteiger partial charge on any atom is 0.239 e. The summed E-state index contributed by atoms with van der Waals surface area (Å²) in [5, 5.41) is 6.05. The van der Waals surface area contributed by atoms with Crippen LogP contribution in [0.15, 0.2) is 30.3 Å². The monoisotopic (exact) mass is 261 g/mol. The van der Waals surface area contributed by atoms with Gasteiger partial charge in [0.15, 0.2) is 0 Å². The van der Waals surface area contributed by atoms with E-state index in [1.807, 2.05) is 30.3 Å². The summed E-state index contributed by atoms with van der Waals surface area (Å²) in [5.41, 5.74) is 0.981. The summed E-state index contributed by atoms with van der Waals surface area (Å²) in [6.45, 7) is 4.67. The van der Waals surface area contributed by atoms with Crippen LogP contribution in [0.3, 0.4) is 0 Å². The summed E-state index contributed by atoms with van der Waals surface area (Å²) in [5.74, 6) is 0.0604. The van der Waals surface area contributed by atoms with Gasteiger partial charge in [0.05, 0.1) is 6.54 Å². The zero-order valence-corrected chi connectivity index (χ0v) is 11.4. The molecular weight excluding hydrogens is 238 g/mol. The van der Waals surface area contributed by atoms with Crippen molar-refractivity contribution < 1.29 is 4.79 Å². The van der Waals surface area contributed by atoms with Crippen LogP contribution in [0.25, 0.3) is 0 Å². The second-order valence-corrected chi connectivity index (χ2v) is 4.97. The lowest BCUT2D eigenvalue weighted by molar-refractivity contribution is -0.119. The third kappa shape index (κ3) is 5.30. The van der Waals surface area contributed by atoms with Crippen molar-refractivity contribution in [2.24, 2.45) is 0 Å². The number of hydrogen-bond donors (Lipinski definition) is 2. The van der Waals surface area contributed by atoms with E-state index in [-0.39, 0.29) is 5.91 Å². The molecule has 4 nitrogen and oxygen atoms in total. The lowest BCUT2D eigenvalue weighted by atomic mass is 10.3. The molecule has 0 radical (unpaired) electrons. The van der Waals surface area contributed by atoms with E-state index in [0.717, 1.165) is 25.2 Å². The molecule has 19 heavy (non-hydrogen) atoms. The van der Waals surface area contributed by atoms with Crippen LogP contribution in [0, 0.1) is 0 Å². The second kappa shape index (κ2) is 7.79. The highest BCUT2D eigenvalue weighted by atomic mass is 16.1. The molecule has 1 aliphatic rings. The van der Waals surface area contributed by atoms with Gasteiger partial charge in [0, 0.05) is 12.2 Å². The number of anilines is 1. The molecule has 0 bridgehead atoms. The zero-order chi connectivity index (χ0) is 13.3. The molecule has 2 N–H and O–H groups in total. The van der Waals surface area contributed by atoms with Crippen LogP contribution in [0.5, 0.6) is 0 Å². The summed E-state index contributed by atoms with van der Waals surface area (Å²) in [6, 6.07) is 9.79. The lowest BCUT2D eigenvalue weighted by Gasteiger charge is -2.14. The summed E-state index contributed by atoms with van der Waals surface area (Å²) in [6.07, 6.45) is 3.69. The van der Waals surface area contributed by atoms with Crippen molar-refractivity contribution in [1.29, 1.82) is 0 Å². The highest BCUT2D eigenvalue weighted by Crippen LogP contribution is 2.07. The van der Waals surface area contributed by atoms with Gasteiger partial charge in [-0.15, -0.1) is 0 Å². The summed E-state index contributed by atoms with van der Waals surface area (Å²) in [4.78, 5) is 14.1. The quantitative estimate of drug-likeness (QED) is 0.734. The molecule has 0 atom stereocenters. The zero-order valence-electron chi connectivity index (χ0n) is 11.4. The number of carbonyl (C=O) groups is 1. The standard InChI is InChI=1S/C15H23N3O/c19-15(13-17-14-7-2-1-3-8-14)16-9-6-12-18-10-4-5-11-18/h1-3,7-8,17H,4-6,9-13H2,(H,16,19). The Morgan fingerprint density at radius 2 is 1.89 bits per heavy atom. The number of amides is 1. The van der Waals surface area contributed by atoms with Crippen molar-refractivity contribution in [1.82, 2.24) is 10.2 Å². The van der Waals surface area contributed by atoms with Gasteiger partial charge in [0.1, 0.15) is 0 Å². The molecule has 4 heteroatoms. The average molecular weight is 261 g/mol. The Hall–Kier alpha value is -1.55. The van der Waals surface area contributed by atoms with Gasteiger partial charge in [0.2, 0.25) is 5.91 Å². The van der Waals surface area contributed by atoms with Crippen molar-refractivity contribution >= 4 is 11.6 Å². The Labute approximate surface area is 115 Å². The van der Waals surface area contributed by atoms with Gasteiger partial charge >= 0.3 is 0 Å². The molecule has 0 saturated carbocycles. The van der Waals surface area contributed by atoms with Gasteiger partial charge < -0.3 is 15.5 Å². The third-order valence-corrected chi connectivity index (χ3v) is 3.40. The van der Waals surface area contributed by atoms with Gasteiger partial charge in [0.25, 0.3) is 0 Å². The highest BCUT2D eigenvalue weighted by Gasteiger charge is 2.10. The van der Waals surface area contributed by atoms with E-state index in [4.69, 9.17) is 0 Å². The molecule has 1 aliphatic heterocycles. The molecule has 1 saturated heterocycles. The average Bonchev–Trinajstić information content (AvgIpc) is 2.96. The van der Waals surface area contributed by atoms with E-state index in [1.165, 1.54) is 25.9 Å². The normalized spacial score (nSPS) is 15.4. The number of benzene rings is 1. The minimum absolute atomic E-state index is 0.0604. The molecule has 0 unspecified atom stereocenters. The Balaban J connectivity index is 1.52. The maximum atomic E-state index is 11.6. The van der Waals surface area contributed by atoms with Gasteiger partial charge in [-0.3, -0.25) is 4.79 Å². The summed E-state index contributed by atoms with van der Waals surface area (Å²) < 4.78 is 0. The maximum absolute atomic E-state index is 11.6. The van der Waals surface area contributed by atoms with E-state index in [9.17, 15) is 4.79 Å². The van der Waals surface area contributed by atoms with E-state index >= 15 is 0 Å². The largest absolute Gasteiger partial charge is 0.376 e. The van der Waals surface area contributed by atoms with Gasteiger partial charge in [-0.1, -0.05) is 18.2 Å². The Morgan fingerprint density at radius 3 is 2.63 bits per heavy atom. The van der Waals surface area contributed by atoms with Crippen LogP contribution in [0.1, 0.15) is 19.3 Å². The van der Waals surface area contributed by atoms with Crippen LogP contribution in [0.2, 0.25) is 0 Å². The molecule has 104 valence electrons. The minimum Gasteiger partial charge on any atom is -0.376 e. The summed E-state index contributed by atoms with van der Waals surface area (Å²) in [7, 11) is 0. The Kier molecular flexibility index (Phi) is 5.69. The number of para-hydroxylation sites is 1. The number of likely N-dealkylation sites (tertiary alicyclic amines) is 1. The van der Waals surface area contributed by atoms with Crippen LogP contribution in [-0.2, 0) is 4.79 Å². The fourth-order valence-corrected chi connectivity index (χ4v) is 2.34. The number of nitrogens with zero attached hydrogens (tertiary/aromatic N) is 1. The molecule has 1 fully saturated rings. The molecule has 0 aliphatic carbocycles. The topological polar surface area (TPSA) is 44.4 Å². The van der Waals surface area contributed by atoms with Crippen molar-refractivity contribution in [2.45, 2.75) is 19.3 Å². The van der Waals surface area contributed by atoms with Crippen molar-refractivity contribution in [2.75, 3.05) is 38.0 Å². The van der Waals surface area contributed by atoms with Crippen LogP contribution >= 0.6 is 0 Å². The van der Waals surface area contributed by atoms with E-state index in [1.54, 1.807) is 0 Å². The molecule has 1 heterocycles. The van der Waals surface area contributed by atoms with E-state index in [2.05, 4.69) is 15.5 Å². The second-order valence-electron chi connectivity index (χ2n) is 4.97. The van der Waals surface area contributed by atoms with Gasteiger partial charge in [-0.05, 0) is 51.0 Å². The minimum atomic E-state index is 0.0604. The number of nitrogens with one attached hydrogen (secondary N) is 2. The van der Waals surface area contributed by atoms with Crippen molar-refractivity contribution in [3.63, 3.8) is 0 Å². The first-order chi connectivity index (χ1) is 9.34. The van der Waals surface area contributed by atoms with Gasteiger partial charge in [-0.2, -0.15) is 0 Å². The number of carbonyl (C=O) groups excluding carboxylic acids is 1. The first-order valence-electron chi connectivity index (χ1n) is 7.12. The van der Waals surface area contributed by atoms with Crippen LogP contribution in [-0.4, -0.2) is 43.5 Å². The Morgan fingerprint density at radius 1 is 1.16 bits per heavy atom. The smallest absolute Gasteiger partial charge is 0.239 e. The molecule has 1 aromatic rings. The fourth-order valence-electron chi connectivity index (χ4n) is 2.34. The molecule has 1 amide bonds. The highest BCUT2D eigenvalue weighted by molar-refractivity contribution is 5.80. The first kappa shape index (κ1) is 13.9. The summed E-state index contributed by atoms with van der Waals surface area (Å²) >= 11 is 0. The SMILES string of the molecule is O=C(CNc1ccccc1)NCCCN1CCCC1. The molecule has 2 rings (SSSR count). The molecular formula is C15H23N3O. The molecule has 0 spiro atoms. The molecule has 1 aromatic carbocycles. The Bertz CT molecular complexity index is 374. The van der Waals surface area contributed by atoms with Crippen molar-refractivity contribution in [3.8, 4) is 0 Å². The van der Waals surface area contributed by atoms with Gasteiger partial charge in [-0.25, -0.2) is 0 Å². The predicted molar refractivity (Wildman–Crippen MR) is 78.2 cm³/mol. The first-order valence-corrected chi connectivity index (χ1v) is 7.12. The molecule has 0 aromatic heterocycles. The fraction of sp³-hybridized carbons (Fsp3) is 0.533. The van der Waals surface area contributed by atoms with Crippen molar-refractivity contribution in [3.05, 3.63) is 30.3 Å². The number of rotatable bonds is 7. The van der Waals surface area contributed by atoms with Crippen LogP contribution < -0.4 is 10.6 Å². The van der Waals surface area contributed by atoms with E-state index < -0.39 is 0 Å². The third-order valence-electron chi connectivity index (χ3n) is 3.40. The lowest BCUT2D eigenvalue weighted by Crippen LogP contribution is -2.32. The van der Waals surface area contributed by atoms with E-state index in [0.29, 0.717) is 6.54 Å². The predicted octanol–water partition coefficient (Wildman–Crippen LogP) is 1.70. The van der Waals surface area contributed by atoms with Crippen LogP contribution in [0.4, 0.5) is 5.69 Å².